The number of amides is 1. The molecule has 1 amide bonds. The van der Waals surface area contributed by atoms with Crippen molar-refractivity contribution < 1.29 is 14.3 Å². The van der Waals surface area contributed by atoms with E-state index in [1.165, 1.54) is 0 Å². The summed E-state index contributed by atoms with van der Waals surface area (Å²) in [4.78, 5) is 24.4. The predicted octanol–water partition coefficient (Wildman–Crippen LogP) is 4.46. The largest absolute Gasteiger partial charge is 0.451 e. The van der Waals surface area contributed by atoms with Gasteiger partial charge in [0.05, 0.1) is 10.4 Å². The van der Waals surface area contributed by atoms with Gasteiger partial charge in [-0.25, -0.2) is 4.79 Å². The van der Waals surface area contributed by atoms with Crippen LogP contribution < -0.4 is 5.32 Å². The average molecular weight is 366 g/mol. The highest BCUT2D eigenvalue weighted by molar-refractivity contribution is 7.17. The molecule has 0 fully saturated rings. The molecule has 4 nitrogen and oxygen atoms in total. The van der Waals surface area contributed by atoms with Crippen LogP contribution >= 0.6 is 22.9 Å². The molecule has 0 spiro atoms. The first-order valence-electron chi connectivity index (χ1n) is 7.72. The van der Waals surface area contributed by atoms with Crippen LogP contribution in [0.15, 0.2) is 42.5 Å². The minimum atomic E-state index is -0.540. The second kappa shape index (κ2) is 8.85. The van der Waals surface area contributed by atoms with Gasteiger partial charge in [0.25, 0.3) is 5.91 Å². The number of rotatable bonds is 7. The molecule has 6 heteroatoms. The first-order chi connectivity index (χ1) is 11.5. The molecule has 1 N–H and O–H groups in total. The minimum Gasteiger partial charge on any atom is -0.451 e. The van der Waals surface area contributed by atoms with Crippen LogP contribution in [0.2, 0.25) is 4.34 Å². The number of halogens is 1. The molecular formula is C18H20ClNO3S. The highest BCUT2D eigenvalue weighted by Gasteiger charge is 2.18. The summed E-state index contributed by atoms with van der Waals surface area (Å²) in [6.45, 7) is 3.89. The molecule has 1 aromatic carbocycles. The molecule has 0 saturated carbocycles. The van der Waals surface area contributed by atoms with Crippen LogP contribution in [-0.4, -0.2) is 18.5 Å². The lowest BCUT2D eigenvalue weighted by molar-refractivity contribution is -0.125. The number of carbonyl (C=O) groups is 2. The summed E-state index contributed by atoms with van der Waals surface area (Å²) in [5, 5.41) is 2.94. The number of benzene rings is 1. The maximum Gasteiger partial charge on any atom is 0.348 e. The number of carbonyl (C=O) groups excluding carboxylic acids is 2. The van der Waals surface area contributed by atoms with Crippen LogP contribution in [0, 0.1) is 5.92 Å². The van der Waals surface area contributed by atoms with Crippen LogP contribution in [0.1, 0.15) is 41.5 Å². The molecule has 24 heavy (non-hydrogen) atoms. The highest BCUT2D eigenvalue weighted by atomic mass is 35.5. The molecular weight excluding hydrogens is 346 g/mol. The van der Waals surface area contributed by atoms with Crippen LogP contribution in [-0.2, 0) is 9.53 Å². The van der Waals surface area contributed by atoms with Crippen molar-refractivity contribution in [2.45, 2.75) is 26.3 Å². The average Bonchev–Trinajstić information content (AvgIpc) is 2.99. The molecule has 0 saturated heterocycles. The van der Waals surface area contributed by atoms with Crippen LogP contribution in [0.25, 0.3) is 0 Å². The molecule has 0 aliphatic rings. The van der Waals surface area contributed by atoms with Crippen molar-refractivity contribution in [3.63, 3.8) is 0 Å². The number of hydrogen-bond donors (Lipinski definition) is 1. The van der Waals surface area contributed by atoms with Gasteiger partial charge in [0.15, 0.2) is 6.61 Å². The van der Waals surface area contributed by atoms with Crippen molar-refractivity contribution >= 4 is 34.8 Å². The second-order valence-electron chi connectivity index (χ2n) is 5.84. The Balaban J connectivity index is 1.91. The van der Waals surface area contributed by atoms with Gasteiger partial charge in [-0.1, -0.05) is 55.8 Å². The van der Waals surface area contributed by atoms with E-state index in [4.69, 9.17) is 16.3 Å². The van der Waals surface area contributed by atoms with E-state index >= 15 is 0 Å². The molecule has 2 aromatic rings. The Kier molecular flexibility index (Phi) is 6.82. The second-order valence-corrected chi connectivity index (χ2v) is 7.56. The number of nitrogens with one attached hydrogen (secondary N) is 1. The lowest BCUT2D eigenvalue weighted by atomic mass is 9.97. The zero-order valence-corrected chi connectivity index (χ0v) is 15.2. The first kappa shape index (κ1) is 18.5. The number of ether oxygens (including phenoxy) is 1. The molecule has 0 bridgehead atoms. The van der Waals surface area contributed by atoms with E-state index in [0.717, 1.165) is 23.3 Å². The van der Waals surface area contributed by atoms with E-state index in [1.54, 1.807) is 12.1 Å². The topological polar surface area (TPSA) is 55.4 Å². The van der Waals surface area contributed by atoms with Crippen molar-refractivity contribution in [2.24, 2.45) is 5.92 Å². The van der Waals surface area contributed by atoms with Gasteiger partial charge in [-0.15, -0.1) is 11.3 Å². The Bertz CT molecular complexity index is 685. The Morgan fingerprint density at radius 2 is 1.88 bits per heavy atom. The fraction of sp³-hybridized carbons (Fsp3) is 0.333. The van der Waals surface area contributed by atoms with E-state index in [2.05, 4.69) is 19.2 Å². The molecule has 0 aliphatic carbocycles. The van der Waals surface area contributed by atoms with E-state index in [0.29, 0.717) is 15.1 Å². The zero-order chi connectivity index (χ0) is 17.5. The molecule has 0 radical (unpaired) electrons. The van der Waals surface area contributed by atoms with Gasteiger partial charge in [0.1, 0.15) is 4.88 Å². The third-order valence-electron chi connectivity index (χ3n) is 3.35. The van der Waals surface area contributed by atoms with Crippen molar-refractivity contribution in [1.29, 1.82) is 0 Å². The van der Waals surface area contributed by atoms with E-state index in [-0.39, 0.29) is 18.6 Å². The third kappa shape index (κ3) is 5.65. The van der Waals surface area contributed by atoms with Gasteiger partial charge in [-0.2, -0.15) is 0 Å². The molecule has 2 rings (SSSR count). The monoisotopic (exact) mass is 365 g/mol. The summed E-state index contributed by atoms with van der Waals surface area (Å²) in [6.07, 6.45) is 0.810. The Morgan fingerprint density at radius 1 is 1.17 bits per heavy atom. The van der Waals surface area contributed by atoms with Crippen LogP contribution in [0.3, 0.4) is 0 Å². The van der Waals surface area contributed by atoms with E-state index in [9.17, 15) is 9.59 Å². The van der Waals surface area contributed by atoms with Crippen LogP contribution in [0.5, 0.6) is 0 Å². The minimum absolute atomic E-state index is 0.103. The van der Waals surface area contributed by atoms with Crippen molar-refractivity contribution in [3.8, 4) is 0 Å². The summed E-state index contributed by atoms with van der Waals surface area (Å²) >= 11 is 6.91. The summed E-state index contributed by atoms with van der Waals surface area (Å²) < 4.78 is 5.55. The first-order valence-corrected chi connectivity index (χ1v) is 8.92. The summed E-state index contributed by atoms with van der Waals surface area (Å²) in [6, 6.07) is 12.9. The third-order valence-corrected chi connectivity index (χ3v) is 4.56. The molecule has 1 atom stereocenters. The molecule has 0 unspecified atom stereocenters. The lowest BCUT2D eigenvalue weighted by Gasteiger charge is -2.21. The number of thiophene rings is 1. The molecule has 0 aliphatic heterocycles. The Labute approximate surface area is 150 Å². The summed E-state index contributed by atoms with van der Waals surface area (Å²) in [5.74, 6) is -0.436. The van der Waals surface area contributed by atoms with Gasteiger partial charge in [-0.05, 0) is 30.0 Å². The maximum absolute atomic E-state index is 12.1. The Morgan fingerprint density at radius 3 is 2.46 bits per heavy atom. The SMILES string of the molecule is CC(C)C[C@H](NC(=O)COC(=O)c1ccc(Cl)s1)c1ccccc1. The fourth-order valence-corrected chi connectivity index (χ4v) is 3.23. The molecule has 128 valence electrons. The van der Waals surface area contributed by atoms with Crippen molar-refractivity contribution in [3.05, 3.63) is 57.2 Å². The Hall–Kier alpha value is -1.85. The zero-order valence-electron chi connectivity index (χ0n) is 13.6. The van der Waals surface area contributed by atoms with Crippen molar-refractivity contribution in [1.82, 2.24) is 5.32 Å². The van der Waals surface area contributed by atoms with Crippen molar-refractivity contribution in [2.75, 3.05) is 6.61 Å². The fourth-order valence-electron chi connectivity index (χ4n) is 2.30. The quantitative estimate of drug-likeness (QED) is 0.737. The molecule has 1 aromatic heterocycles. The lowest BCUT2D eigenvalue weighted by Crippen LogP contribution is -2.33. The summed E-state index contributed by atoms with van der Waals surface area (Å²) in [5.41, 5.74) is 1.04. The van der Waals surface area contributed by atoms with Gasteiger partial charge < -0.3 is 10.1 Å². The smallest absolute Gasteiger partial charge is 0.348 e. The van der Waals surface area contributed by atoms with E-state index < -0.39 is 5.97 Å². The van der Waals surface area contributed by atoms with Gasteiger partial charge in [0.2, 0.25) is 0 Å². The van der Waals surface area contributed by atoms with Crippen LogP contribution in [0.4, 0.5) is 0 Å². The summed E-state index contributed by atoms with van der Waals surface area (Å²) in [7, 11) is 0. The highest BCUT2D eigenvalue weighted by Crippen LogP contribution is 2.22. The molecule has 1 heterocycles. The van der Waals surface area contributed by atoms with E-state index in [1.807, 2.05) is 30.3 Å². The normalized spacial score (nSPS) is 12.0. The number of hydrogen-bond acceptors (Lipinski definition) is 4. The van der Waals surface area contributed by atoms with Gasteiger partial charge >= 0.3 is 5.97 Å². The number of esters is 1. The maximum atomic E-state index is 12.1. The van der Waals surface area contributed by atoms with Gasteiger partial charge in [-0.3, -0.25) is 4.79 Å². The standard InChI is InChI=1S/C18H20ClNO3S/c1-12(2)10-14(13-6-4-3-5-7-13)20-17(21)11-23-18(22)15-8-9-16(19)24-15/h3-9,12,14H,10-11H2,1-2H3,(H,20,21)/t14-/m0/s1. The predicted molar refractivity (Wildman–Crippen MR) is 96.4 cm³/mol. The van der Waals surface area contributed by atoms with Gasteiger partial charge in [0, 0.05) is 0 Å².